The van der Waals surface area contributed by atoms with Gasteiger partial charge in [-0.05, 0) is 50.0 Å². The van der Waals surface area contributed by atoms with Crippen molar-refractivity contribution in [1.29, 1.82) is 0 Å². The SMILES string of the molecule is O=C(C1CC2CCCCC2N1)N1CCC(OCCCc2ccccc2)C1. The molecule has 1 amide bonds. The van der Waals surface area contributed by atoms with Crippen molar-refractivity contribution in [2.45, 2.75) is 69.6 Å². The molecule has 3 fully saturated rings. The van der Waals surface area contributed by atoms with Crippen LogP contribution in [0.1, 0.15) is 50.5 Å². The fourth-order valence-corrected chi connectivity index (χ4v) is 4.97. The summed E-state index contributed by atoms with van der Waals surface area (Å²) in [5.41, 5.74) is 1.37. The third kappa shape index (κ3) is 4.29. The number of aryl methyl sites for hydroxylation is 1. The Bertz CT molecular complexity index is 577. The molecule has 2 saturated heterocycles. The minimum Gasteiger partial charge on any atom is -0.376 e. The van der Waals surface area contributed by atoms with Crippen LogP contribution in [0.2, 0.25) is 0 Å². The summed E-state index contributed by atoms with van der Waals surface area (Å²) in [4.78, 5) is 14.9. The first-order valence-electron chi connectivity index (χ1n) is 10.5. The zero-order chi connectivity index (χ0) is 17.8. The number of fused-ring (bicyclic) bond motifs is 1. The first kappa shape index (κ1) is 18.0. The number of rotatable bonds is 6. The second-order valence-corrected chi connectivity index (χ2v) is 8.26. The Morgan fingerprint density at radius 2 is 2.00 bits per heavy atom. The monoisotopic (exact) mass is 356 g/mol. The Labute approximate surface area is 157 Å². The summed E-state index contributed by atoms with van der Waals surface area (Å²) in [6.07, 6.45) is 9.56. The van der Waals surface area contributed by atoms with Gasteiger partial charge in [0.1, 0.15) is 0 Å². The molecular formula is C22H32N2O2. The van der Waals surface area contributed by atoms with Gasteiger partial charge >= 0.3 is 0 Å². The summed E-state index contributed by atoms with van der Waals surface area (Å²) in [5, 5.41) is 3.62. The highest BCUT2D eigenvalue weighted by Gasteiger charge is 2.41. The molecule has 3 aliphatic rings. The molecule has 0 spiro atoms. The predicted molar refractivity (Wildman–Crippen MR) is 103 cm³/mol. The zero-order valence-electron chi connectivity index (χ0n) is 15.7. The molecule has 4 nitrogen and oxygen atoms in total. The Morgan fingerprint density at radius 1 is 1.15 bits per heavy atom. The molecule has 26 heavy (non-hydrogen) atoms. The van der Waals surface area contributed by atoms with Crippen LogP contribution in [-0.4, -0.2) is 48.7 Å². The van der Waals surface area contributed by atoms with Gasteiger partial charge in [-0.15, -0.1) is 0 Å². The summed E-state index contributed by atoms with van der Waals surface area (Å²) in [6, 6.07) is 11.2. The number of likely N-dealkylation sites (tertiary alicyclic amines) is 1. The van der Waals surface area contributed by atoms with E-state index in [9.17, 15) is 4.79 Å². The number of hydrogen-bond donors (Lipinski definition) is 1. The van der Waals surface area contributed by atoms with E-state index in [-0.39, 0.29) is 12.1 Å². The third-order valence-electron chi connectivity index (χ3n) is 6.42. The highest BCUT2D eigenvalue weighted by molar-refractivity contribution is 5.82. The molecule has 0 aromatic heterocycles. The maximum Gasteiger partial charge on any atom is 0.239 e. The van der Waals surface area contributed by atoms with Gasteiger partial charge < -0.3 is 15.0 Å². The lowest BCUT2D eigenvalue weighted by Crippen LogP contribution is -2.45. The zero-order valence-corrected chi connectivity index (χ0v) is 15.7. The van der Waals surface area contributed by atoms with E-state index in [0.29, 0.717) is 11.9 Å². The van der Waals surface area contributed by atoms with E-state index >= 15 is 0 Å². The fraction of sp³-hybridized carbons (Fsp3) is 0.682. The number of benzene rings is 1. The predicted octanol–water partition coefficient (Wildman–Crippen LogP) is 3.16. The molecule has 1 aromatic carbocycles. The van der Waals surface area contributed by atoms with Crippen molar-refractivity contribution >= 4 is 5.91 Å². The molecule has 2 aliphatic heterocycles. The Morgan fingerprint density at radius 3 is 2.85 bits per heavy atom. The van der Waals surface area contributed by atoms with Crippen LogP contribution in [0.15, 0.2) is 30.3 Å². The van der Waals surface area contributed by atoms with Crippen molar-refractivity contribution in [2.24, 2.45) is 5.92 Å². The molecule has 0 radical (unpaired) electrons. The molecule has 0 bridgehead atoms. The average Bonchev–Trinajstić information content (AvgIpc) is 3.32. The first-order chi connectivity index (χ1) is 12.8. The molecular weight excluding hydrogens is 324 g/mol. The normalized spacial score (nSPS) is 31.2. The first-order valence-corrected chi connectivity index (χ1v) is 10.5. The topological polar surface area (TPSA) is 41.6 Å². The third-order valence-corrected chi connectivity index (χ3v) is 6.42. The lowest BCUT2D eigenvalue weighted by Gasteiger charge is -2.24. The van der Waals surface area contributed by atoms with Crippen LogP contribution in [0.25, 0.3) is 0 Å². The van der Waals surface area contributed by atoms with Crippen molar-refractivity contribution in [3.05, 3.63) is 35.9 Å². The highest BCUT2D eigenvalue weighted by atomic mass is 16.5. The number of carbonyl (C=O) groups excluding carboxylic acids is 1. The Hall–Kier alpha value is -1.39. The van der Waals surface area contributed by atoms with Gasteiger partial charge in [-0.1, -0.05) is 43.2 Å². The van der Waals surface area contributed by atoms with Crippen LogP contribution in [-0.2, 0) is 16.0 Å². The van der Waals surface area contributed by atoms with Gasteiger partial charge in [0.15, 0.2) is 0 Å². The van der Waals surface area contributed by atoms with Gasteiger partial charge in [-0.25, -0.2) is 0 Å². The summed E-state index contributed by atoms with van der Waals surface area (Å²) in [6.45, 7) is 2.42. The van der Waals surface area contributed by atoms with E-state index in [4.69, 9.17) is 4.74 Å². The van der Waals surface area contributed by atoms with Crippen LogP contribution in [0, 0.1) is 5.92 Å². The van der Waals surface area contributed by atoms with E-state index in [1.54, 1.807) is 0 Å². The van der Waals surface area contributed by atoms with Gasteiger partial charge in [0.05, 0.1) is 12.1 Å². The van der Waals surface area contributed by atoms with Crippen LogP contribution in [0.3, 0.4) is 0 Å². The van der Waals surface area contributed by atoms with Crippen molar-refractivity contribution in [1.82, 2.24) is 10.2 Å². The summed E-state index contributed by atoms with van der Waals surface area (Å²) in [5.74, 6) is 1.04. The van der Waals surface area contributed by atoms with E-state index in [0.717, 1.165) is 51.3 Å². The largest absolute Gasteiger partial charge is 0.376 e. The summed E-state index contributed by atoms with van der Waals surface area (Å²) in [7, 11) is 0. The van der Waals surface area contributed by atoms with Gasteiger partial charge in [-0.3, -0.25) is 4.79 Å². The lowest BCUT2D eigenvalue weighted by molar-refractivity contribution is -0.132. The van der Waals surface area contributed by atoms with Crippen LogP contribution in [0.4, 0.5) is 0 Å². The van der Waals surface area contributed by atoms with E-state index < -0.39 is 0 Å². The number of nitrogens with one attached hydrogen (secondary N) is 1. The minimum absolute atomic E-state index is 0.0555. The molecule has 4 rings (SSSR count). The molecule has 1 N–H and O–H groups in total. The Balaban J connectivity index is 1.17. The molecule has 2 heterocycles. The number of amides is 1. The summed E-state index contributed by atoms with van der Waals surface area (Å²) < 4.78 is 6.05. The summed E-state index contributed by atoms with van der Waals surface area (Å²) >= 11 is 0. The Kier molecular flexibility index (Phi) is 5.91. The maximum absolute atomic E-state index is 12.9. The van der Waals surface area contributed by atoms with Crippen molar-refractivity contribution in [2.75, 3.05) is 19.7 Å². The van der Waals surface area contributed by atoms with Crippen LogP contribution >= 0.6 is 0 Å². The molecule has 1 aliphatic carbocycles. The van der Waals surface area contributed by atoms with Gasteiger partial charge in [0.25, 0.3) is 0 Å². The van der Waals surface area contributed by atoms with E-state index in [1.165, 1.54) is 31.2 Å². The molecule has 4 heteroatoms. The van der Waals surface area contributed by atoms with Crippen molar-refractivity contribution in [3.63, 3.8) is 0 Å². The number of carbonyl (C=O) groups is 1. The molecule has 142 valence electrons. The maximum atomic E-state index is 12.9. The second kappa shape index (κ2) is 8.53. The molecule has 4 atom stereocenters. The van der Waals surface area contributed by atoms with Crippen LogP contribution < -0.4 is 5.32 Å². The van der Waals surface area contributed by atoms with E-state index in [2.05, 4.69) is 35.6 Å². The number of hydrogen-bond acceptors (Lipinski definition) is 3. The van der Waals surface area contributed by atoms with Crippen LogP contribution in [0.5, 0.6) is 0 Å². The van der Waals surface area contributed by atoms with E-state index in [1.807, 2.05) is 4.90 Å². The van der Waals surface area contributed by atoms with Gasteiger partial charge in [0.2, 0.25) is 5.91 Å². The van der Waals surface area contributed by atoms with Gasteiger partial charge in [-0.2, -0.15) is 0 Å². The molecule has 1 saturated carbocycles. The number of ether oxygens (including phenoxy) is 1. The van der Waals surface area contributed by atoms with Gasteiger partial charge in [0, 0.05) is 25.7 Å². The highest BCUT2D eigenvalue weighted by Crippen LogP contribution is 2.34. The standard InChI is InChI=1S/C22H32N2O2/c25-22(21-15-18-10-4-5-11-20(18)23-21)24-13-12-19(16-24)26-14-6-9-17-7-2-1-3-8-17/h1-3,7-8,18-21,23H,4-6,9-16H2. The smallest absolute Gasteiger partial charge is 0.239 e. The fourth-order valence-electron chi connectivity index (χ4n) is 4.97. The van der Waals surface area contributed by atoms with Crippen molar-refractivity contribution < 1.29 is 9.53 Å². The molecule has 1 aromatic rings. The minimum atomic E-state index is 0.0555. The van der Waals surface area contributed by atoms with Crippen molar-refractivity contribution in [3.8, 4) is 0 Å². The lowest BCUT2D eigenvalue weighted by atomic mass is 9.85. The number of nitrogens with zero attached hydrogens (tertiary/aromatic N) is 1. The second-order valence-electron chi connectivity index (χ2n) is 8.26. The average molecular weight is 357 g/mol. The quantitative estimate of drug-likeness (QED) is 0.796. The molecule has 4 unspecified atom stereocenters.